The lowest BCUT2D eigenvalue weighted by atomic mass is 9.81. The molecule has 1 aromatic rings. The van der Waals surface area contributed by atoms with Crippen LogP contribution in [0.25, 0.3) is 0 Å². The van der Waals surface area contributed by atoms with Crippen molar-refractivity contribution in [2.75, 3.05) is 45.6 Å². The maximum atomic E-state index is 12.9. The van der Waals surface area contributed by atoms with Crippen molar-refractivity contribution in [3.05, 3.63) is 29.8 Å². The minimum atomic E-state index is -4.46. The van der Waals surface area contributed by atoms with Gasteiger partial charge in [0.2, 0.25) is 5.91 Å². The first-order chi connectivity index (χ1) is 14.1. The van der Waals surface area contributed by atoms with Gasteiger partial charge in [-0.15, -0.1) is 0 Å². The van der Waals surface area contributed by atoms with E-state index in [2.05, 4.69) is 10.6 Å². The molecule has 0 aliphatic carbocycles. The second-order valence-corrected chi connectivity index (χ2v) is 8.03. The van der Waals surface area contributed by atoms with Crippen LogP contribution in [0.5, 0.6) is 0 Å². The molecule has 0 spiro atoms. The van der Waals surface area contributed by atoms with E-state index in [1.54, 1.807) is 4.90 Å². The topological polar surface area (TPSA) is 64.7 Å². The summed E-state index contributed by atoms with van der Waals surface area (Å²) < 4.78 is 38.6. The molecule has 1 fully saturated rings. The zero-order valence-electron chi connectivity index (χ0n) is 17.8. The number of anilines is 1. The lowest BCUT2D eigenvalue weighted by molar-refractivity contribution is -0.137. The van der Waals surface area contributed by atoms with Crippen molar-refractivity contribution in [1.82, 2.24) is 15.1 Å². The number of nitrogens with zero attached hydrogens (tertiary/aromatic N) is 2. The molecule has 1 aromatic carbocycles. The van der Waals surface area contributed by atoms with Crippen LogP contribution in [0.3, 0.4) is 0 Å². The molecule has 2 unspecified atom stereocenters. The highest BCUT2D eigenvalue weighted by Gasteiger charge is 2.33. The number of urea groups is 1. The number of amides is 3. The molecule has 9 heteroatoms. The van der Waals surface area contributed by atoms with Crippen LogP contribution >= 0.6 is 0 Å². The molecule has 1 heterocycles. The van der Waals surface area contributed by atoms with Crippen LogP contribution in [0.2, 0.25) is 0 Å². The quantitative estimate of drug-likeness (QED) is 0.697. The Morgan fingerprint density at radius 2 is 1.97 bits per heavy atom. The van der Waals surface area contributed by atoms with Crippen molar-refractivity contribution in [1.29, 1.82) is 0 Å². The number of alkyl halides is 3. The zero-order chi connectivity index (χ0) is 22.3. The Kier molecular flexibility index (Phi) is 8.52. The number of nitrogens with one attached hydrogen (secondary N) is 2. The van der Waals surface area contributed by atoms with Gasteiger partial charge >= 0.3 is 12.2 Å². The second-order valence-electron chi connectivity index (χ2n) is 8.03. The molecule has 2 rings (SSSR count). The van der Waals surface area contributed by atoms with Gasteiger partial charge in [-0.1, -0.05) is 19.4 Å². The third-order valence-electron chi connectivity index (χ3n) is 5.47. The minimum Gasteiger partial charge on any atom is -0.355 e. The van der Waals surface area contributed by atoms with E-state index in [0.29, 0.717) is 32.5 Å². The highest BCUT2D eigenvalue weighted by molar-refractivity contribution is 5.89. The van der Waals surface area contributed by atoms with Crippen molar-refractivity contribution >= 4 is 17.6 Å². The van der Waals surface area contributed by atoms with Gasteiger partial charge in [0.15, 0.2) is 0 Å². The summed E-state index contributed by atoms with van der Waals surface area (Å²) in [5.41, 5.74) is -0.684. The van der Waals surface area contributed by atoms with Crippen molar-refractivity contribution in [3.8, 4) is 0 Å². The first-order valence-corrected chi connectivity index (χ1v) is 10.2. The number of hydrogen-bond acceptors (Lipinski definition) is 3. The summed E-state index contributed by atoms with van der Waals surface area (Å²) in [5, 5.41) is 5.49. The van der Waals surface area contributed by atoms with Crippen LogP contribution in [0.1, 0.15) is 31.7 Å². The van der Waals surface area contributed by atoms with Gasteiger partial charge in [0.05, 0.1) is 5.56 Å². The standard InChI is InChI=1S/C21H31F3N4O2/c1-4-15-14-28(10-8-16(15)12-19(29)25-9-11-27(2)3)20(30)26-18-7-5-6-17(13-18)21(22,23)24/h5-7,13,15-16H,4,8-12,14H2,1-3H3,(H,25,29)(H,26,30). The van der Waals surface area contributed by atoms with Gasteiger partial charge in [0.1, 0.15) is 0 Å². The fraction of sp³-hybridized carbons (Fsp3) is 0.619. The Balaban J connectivity index is 1.89. The SMILES string of the molecule is CCC1CN(C(=O)Nc2cccc(C(F)(F)F)c2)CCC1CC(=O)NCCN(C)C. The zero-order valence-corrected chi connectivity index (χ0v) is 17.8. The third-order valence-corrected chi connectivity index (χ3v) is 5.47. The molecule has 1 aliphatic heterocycles. The predicted octanol–water partition coefficient (Wildman–Crippen LogP) is 3.65. The maximum Gasteiger partial charge on any atom is 0.416 e. The summed E-state index contributed by atoms with van der Waals surface area (Å²) in [4.78, 5) is 28.4. The van der Waals surface area contributed by atoms with Crippen LogP contribution in [0.4, 0.5) is 23.7 Å². The molecular weight excluding hydrogens is 397 g/mol. The summed E-state index contributed by atoms with van der Waals surface area (Å²) in [7, 11) is 3.89. The molecule has 1 saturated heterocycles. The minimum absolute atomic E-state index is 0.0159. The van der Waals surface area contributed by atoms with Crippen molar-refractivity contribution < 1.29 is 22.8 Å². The molecule has 0 bridgehead atoms. The smallest absolute Gasteiger partial charge is 0.355 e. The molecule has 30 heavy (non-hydrogen) atoms. The average molecular weight is 428 g/mol. The Hall–Kier alpha value is -2.29. The molecule has 3 amide bonds. The summed E-state index contributed by atoms with van der Waals surface area (Å²) in [6.45, 7) is 4.35. The van der Waals surface area contributed by atoms with Gasteiger partial charge in [-0.05, 0) is 50.6 Å². The Morgan fingerprint density at radius 3 is 2.60 bits per heavy atom. The van der Waals surface area contributed by atoms with E-state index in [-0.39, 0.29) is 23.4 Å². The first-order valence-electron chi connectivity index (χ1n) is 10.2. The van der Waals surface area contributed by atoms with Crippen molar-refractivity contribution in [2.24, 2.45) is 11.8 Å². The van der Waals surface area contributed by atoms with Crippen LogP contribution in [-0.2, 0) is 11.0 Å². The number of likely N-dealkylation sites (N-methyl/N-ethyl adjacent to an activating group) is 1. The van der Waals surface area contributed by atoms with Crippen LogP contribution in [-0.4, -0.2) is 62.0 Å². The van der Waals surface area contributed by atoms with Gasteiger partial charge in [0.25, 0.3) is 0 Å². The molecule has 2 atom stereocenters. The second kappa shape index (κ2) is 10.7. The van der Waals surface area contributed by atoms with Crippen LogP contribution in [0.15, 0.2) is 24.3 Å². The number of halogens is 3. The normalized spacial score (nSPS) is 19.6. The van der Waals surface area contributed by atoms with Crippen molar-refractivity contribution in [3.63, 3.8) is 0 Å². The summed E-state index contributed by atoms with van der Waals surface area (Å²) in [6.07, 6.45) is -2.52. The number of carbonyl (C=O) groups is 2. The lowest BCUT2D eigenvalue weighted by Crippen LogP contribution is -2.46. The number of carbonyl (C=O) groups excluding carboxylic acids is 2. The molecule has 0 aromatic heterocycles. The average Bonchev–Trinajstić information content (AvgIpc) is 2.67. The lowest BCUT2D eigenvalue weighted by Gasteiger charge is -2.38. The molecule has 0 saturated carbocycles. The van der Waals surface area contributed by atoms with Crippen LogP contribution < -0.4 is 10.6 Å². The first kappa shape index (κ1) is 24.0. The Morgan fingerprint density at radius 1 is 1.23 bits per heavy atom. The molecule has 1 aliphatic rings. The summed E-state index contributed by atoms with van der Waals surface area (Å²) in [6, 6.07) is 4.20. The number of hydrogen-bond donors (Lipinski definition) is 2. The van der Waals surface area contributed by atoms with E-state index in [4.69, 9.17) is 0 Å². The van der Waals surface area contributed by atoms with E-state index >= 15 is 0 Å². The number of rotatable bonds is 7. The van der Waals surface area contributed by atoms with E-state index in [1.807, 2.05) is 25.9 Å². The monoisotopic (exact) mass is 428 g/mol. The van der Waals surface area contributed by atoms with E-state index in [1.165, 1.54) is 12.1 Å². The Bertz CT molecular complexity index is 724. The summed E-state index contributed by atoms with van der Waals surface area (Å²) in [5.74, 6) is 0.375. The third kappa shape index (κ3) is 7.19. The van der Waals surface area contributed by atoms with Gasteiger partial charge in [-0.2, -0.15) is 13.2 Å². The van der Waals surface area contributed by atoms with E-state index in [9.17, 15) is 22.8 Å². The highest BCUT2D eigenvalue weighted by atomic mass is 19.4. The number of likely N-dealkylation sites (tertiary alicyclic amines) is 1. The molecule has 168 valence electrons. The van der Waals surface area contributed by atoms with Gasteiger partial charge in [-0.3, -0.25) is 4.79 Å². The number of piperidine rings is 1. The molecule has 0 radical (unpaired) electrons. The van der Waals surface area contributed by atoms with Gasteiger partial charge in [0, 0.05) is 38.3 Å². The highest BCUT2D eigenvalue weighted by Crippen LogP contribution is 2.32. The van der Waals surface area contributed by atoms with E-state index in [0.717, 1.165) is 25.1 Å². The summed E-state index contributed by atoms with van der Waals surface area (Å²) >= 11 is 0. The number of benzene rings is 1. The van der Waals surface area contributed by atoms with Gasteiger partial charge in [-0.25, -0.2) is 4.79 Å². The van der Waals surface area contributed by atoms with Gasteiger partial charge < -0.3 is 20.4 Å². The molecular formula is C21H31F3N4O2. The van der Waals surface area contributed by atoms with Crippen LogP contribution in [0, 0.1) is 11.8 Å². The molecule has 6 nitrogen and oxygen atoms in total. The fourth-order valence-electron chi connectivity index (χ4n) is 3.70. The fourth-order valence-corrected chi connectivity index (χ4v) is 3.70. The Labute approximate surface area is 175 Å². The molecule has 2 N–H and O–H groups in total. The van der Waals surface area contributed by atoms with Crippen molar-refractivity contribution in [2.45, 2.75) is 32.4 Å². The predicted molar refractivity (Wildman–Crippen MR) is 110 cm³/mol. The maximum absolute atomic E-state index is 12.9. The largest absolute Gasteiger partial charge is 0.416 e. The van der Waals surface area contributed by atoms with E-state index < -0.39 is 17.8 Å².